The second-order valence-electron chi connectivity index (χ2n) is 4.52. The maximum absolute atomic E-state index is 11.4. The molecule has 5 heteroatoms. The Labute approximate surface area is 90.2 Å². The topological polar surface area (TPSA) is 78.4 Å². The van der Waals surface area contributed by atoms with Gasteiger partial charge < -0.3 is 15.7 Å². The largest absolute Gasteiger partial charge is 0.480 e. The molecule has 15 heavy (non-hydrogen) atoms. The van der Waals surface area contributed by atoms with Crippen molar-refractivity contribution >= 4 is 11.9 Å². The van der Waals surface area contributed by atoms with E-state index in [1.807, 2.05) is 20.8 Å². The highest BCUT2D eigenvalue weighted by Crippen LogP contribution is 2.02. The molecule has 0 fully saturated rings. The van der Waals surface area contributed by atoms with E-state index < -0.39 is 12.0 Å². The molecule has 0 aromatic rings. The average molecular weight is 216 g/mol. The van der Waals surface area contributed by atoms with Gasteiger partial charge in [-0.15, -0.1) is 0 Å². The first-order valence-electron chi connectivity index (χ1n) is 4.97. The van der Waals surface area contributed by atoms with Crippen molar-refractivity contribution in [2.24, 2.45) is 0 Å². The van der Waals surface area contributed by atoms with E-state index in [2.05, 4.69) is 10.6 Å². The number of carboxylic acids is 1. The van der Waals surface area contributed by atoms with Crippen LogP contribution in [0.2, 0.25) is 0 Å². The molecule has 0 spiro atoms. The first kappa shape index (κ1) is 13.9. The lowest BCUT2D eigenvalue weighted by Crippen LogP contribution is -2.42. The van der Waals surface area contributed by atoms with E-state index in [-0.39, 0.29) is 17.9 Å². The molecule has 0 aliphatic carbocycles. The van der Waals surface area contributed by atoms with Gasteiger partial charge in [-0.2, -0.15) is 0 Å². The zero-order chi connectivity index (χ0) is 12.1. The Hall–Kier alpha value is -1.10. The lowest BCUT2D eigenvalue weighted by atomic mass is 10.1. The highest BCUT2D eigenvalue weighted by molar-refractivity contribution is 5.78. The predicted octanol–water partition coefficient (Wildman–Crippen LogP) is 0.354. The molecular weight excluding hydrogens is 196 g/mol. The molecule has 0 aliphatic rings. The van der Waals surface area contributed by atoms with Crippen LogP contribution >= 0.6 is 0 Å². The Bertz CT molecular complexity index is 233. The molecule has 0 radical (unpaired) electrons. The Kier molecular flexibility index (Phi) is 5.28. The van der Waals surface area contributed by atoms with Crippen LogP contribution in [0.1, 0.15) is 33.6 Å². The minimum Gasteiger partial charge on any atom is -0.480 e. The van der Waals surface area contributed by atoms with E-state index in [9.17, 15) is 9.59 Å². The molecule has 88 valence electrons. The molecule has 1 atom stereocenters. The number of carbonyl (C=O) groups is 2. The Balaban J connectivity index is 3.94. The van der Waals surface area contributed by atoms with Gasteiger partial charge in [-0.25, -0.2) is 0 Å². The van der Waals surface area contributed by atoms with E-state index >= 15 is 0 Å². The van der Waals surface area contributed by atoms with E-state index in [1.54, 1.807) is 7.05 Å². The second-order valence-corrected chi connectivity index (χ2v) is 4.52. The Morgan fingerprint density at radius 1 is 1.33 bits per heavy atom. The van der Waals surface area contributed by atoms with Crippen LogP contribution in [0.3, 0.4) is 0 Å². The van der Waals surface area contributed by atoms with Crippen molar-refractivity contribution < 1.29 is 14.7 Å². The fraction of sp³-hybridized carbons (Fsp3) is 0.800. The van der Waals surface area contributed by atoms with Crippen LogP contribution in [-0.4, -0.2) is 35.6 Å². The van der Waals surface area contributed by atoms with Gasteiger partial charge in [-0.1, -0.05) is 0 Å². The molecule has 5 nitrogen and oxygen atoms in total. The van der Waals surface area contributed by atoms with Gasteiger partial charge in [0.2, 0.25) is 5.91 Å². The predicted molar refractivity (Wildman–Crippen MR) is 57.6 cm³/mol. The van der Waals surface area contributed by atoms with E-state index in [0.29, 0.717) is 6.42 Å². The van der Waals surface area contributed by atoms with Gasteiger partial charge >= 0.3 is 5.97 Å². The summed E-state index contributed by atoms with van der Waals surface area (Å²) in [6.07, 6.45) is 0.517. The molecular formula is C10H20N2O3. The lowest BCUT2D eigenvalue weighted by Gasteiger charge is -2.21. The van der Waals surface area contributed by atoms with Crippen LogP contribution in [0.15, 0.2) is 0 Å². The SMILES string of the molecule is CNC(CCC(=O)NC(C)(C)C)C(=O)O. The fourth-order valence-corrected chi connectivity index (χ4v) is 1.15. The van der Waals surface area contributed by atoms with E-state index in [1.165, 1.54) is 0 Å². The number of carboxylic acid groups (broad SMARTS) is 1. The zero-order valence-corrected chi connectivity index (χ0v) is 9.76. The van der Waals surface area contributed by atoms with Crippen molar-refractivity contribution in [1.82, 2.24) is 10.6 Å². The normalized spacial score (nSPS) is 13.3. The minimum atomic E-state index is -0.930. The zero-order valence-electron chi connectivity index (χ0n) is 9.76. The number of amides is 1. The third kappa shape index (κ3) is 6.90. The summed E-state index contributed by atoms with van der Waals surface area (Å²) in [5.74, 6) is -1.05. The second kappa shape index (κ2) is 5.70. The lowest BCUT2D eigenvalue weighted by molar-refractivity contribution is -0.139. The standard InChI is InChI=1S/C10H20N2O3/c1-10(2,3)12-8(13)6-5-7(11-4)9(14)15/h7,11H,5-6H2,1-4H3,(H,12,13)(H,14,15). The highest BCUT2D eigenvalue weighted by Gasteiger charge is 2.18. The third-order valence-corrected chi connectivity index (χ3v) is 1.82. The van der Waals surface area contributed by atoms with Gasteiger partial charge in [0.1, 0.15) is 6.04 Å². The van der Waals surface area contributed by atoms with Crippen molar-refractivity contribution in [3.8, 4) is 0 Å². The number of hydrogen-bond donors (Lipinski definition) is 3. The summed E-state index contributed by atoms with van der Waals surface area (Å²) in [4.78, 5) is 22.0. The van der Waals surface area contributed by atoms with Crippen molar-refractivity contribution in [1.29, 1.82) is 0 Å². The summed E-state index contributed by atoms with van der Waals surface area (Å²) in [7, 11) is 1.57. The van der Waals surface area contributed by atoms with Gasteiger partial charge in [0.15, 0.2) is 0 Å². The monoisotopic (exact) mass is 216 g/mol. The highest BCUT2D eigenvalue weighted by atomic mass is 16.4. The van der Waals surface area contributed by atoms with Crippen molar-refractivity contribution in [2.45, 2.75) is 45.2 Å². The quantitative estimate of drug-likeness (QED) is 0.620. The maximum Gasteiger partial charge on any atom is 0.320 e. The average Bonchev–Trinajstić information content (AvgIpc) is 2.01. The van der Waals surface area contributed by atoms with Crippen LogP contribution in [-0.2, 0) is 9.59 Å². The summed E-state index contributed by atoms with van der Waals surface area (Å²) < 4.78 is 0. The van der Waals surface area contributed by atoms with Crippen LogP contribution < -0.4 is 10.6 Å². The van der Waals surface area contributed by atoms with Crippen molar-refractivity contribution in [3.63, 3.8) is 0 Å². The Morgan fingerprint density at radius 3 is 2.20 bits per heavy atom. The third-order valence-electron chi connectivity index (χ3n) is 1.82. The van der Waals surface area contributed by atoms with Gasteiger partial charge in [0, 0.05) is 12.0 Å². The first-order valence-corrected chi connectivity index (χ1v) is 4.97. The molecule has 0 saturated carbocycles. The van der Waals surface area contributed by atoms with Crippen LogP contribution in [0.25, 0.3) is 0 Å². The summed E-state index contributed by atoms with van der Waals surface area (Å²) >= 11 is 0. The maximum atomic E-state index is 11.4. The fourth-order valence-electron chi connectivity index (χ4n) is 1.15. The van der Waals surface area contributed by atoms with E-state index in [4.69, 9.17) is 5.11 Å². The van der Waals surface area contributed by atoms with Gasteiger partial charge in [0.05, 0.1) is 0 Å². The Morgan fingerprint density at radius 2 is 1.87 bits per heavy atom. The summed E-state index contributed by atoms with van der Waals surface area (Å²) in [6, 6.07) is -0.657. The molecule has 1 amide bonds. The minimum absolute atomic E-state index is 0.121. The molecule has 0 heterocycles. The van der Waals surface area contributed by atoms with Crippen molar-refractivity contribution in [3.05, 3.63) is 0 Å². The molecule has 0 aromatic carbocycles. The molecule has 0 bridgehead atoms. The molecule has 0 aliphatic heterocycles. The summed E-state index contributed by atoms with van der Waals surface area (Å²) in [5.41, 5.74) is -0.268. The molecule has 0 aromatic heterocycles. The number of hydrogen-bond acceptors (Lipinski definition) is 3. The van der Waals surface area contributed by atoms with Gasteiger partial charge in [-0.3, -0.25) is 9.59 Å². The number of rotatable bonds is 5. The van der Waals surface area contributed by atoms with Crippen LogP contribution in [0.4, 0.5) is 0 Å². The summed E-state index contributed by atoms with van der Waals surface area (Å²) in [5, 5.41) is 14.1. The van der Waals surface area contributed by atoms with Crippen LogP contribution in [0.5, 0.6) is 0 Å². The van der Waals surface area contributed by atoms with Crippen LogP contribution in [0, 0.1) is 0 Å². The van der Waals surface area contributed by atoms with Crippen molar-refractivity contribution in [2.75, 3.05) is 7.05 Å². The molecule has 3 N–H and O–H groups in total. The number of carbonyl (C=O) groups excluding carboxylic acids is 1. The molecule has 0 saturated heterocycles. The number of aliphatic carboxylic acids is 1. The van der Waals surface area contributed by atoms with Gasteiger partial charge in [-0.05, 0) is 34.2 Å². The first-order chi connectivity index (χ1) is 6.76. The van der Waals surface area contributed by atoms with Gasteiger partial charge in [0.25, 0.3) is 0 Å². The number of likely N-dealkylation sites (N-methyl/N-ethyl adjacent to an activating group) is 1. The smallest absolute Gasteiger partial charge is 0.320 e. The molecule has 1 unspecified atom stereocenters. The summed E-state index contributed by atoms with van der Waals surface area (Å²) in [6.45, 7) is 5.66. The molecule has 0 rings (SSSR count). The van der Waals surface area contributed by atoms with E-state index in [0.717, 1.165) is 0 Å². The number of nitrogens with one attached hydrogen (secondary N) is 2.